The molecule has 1 N–H and O–H groups in total. The standard InChI is InChI=1S/C31H25F5N2O3/c1-37-28(40)26-22-11-20(18-4-7-23(33)21(10-18)25(39)15-30-12-16(13-30)14-30)24(8-9-31(34,35)36)38-29(22)41-27(26)17-2-5-19(32)6-3-17/h2-7,10-11,16H,8-9,12-15H2,1H3,(H,37,40). The lowest BCUT2D eigenvalue weighted by Gasteiger charge is -2.62. The van der Waals surface area contributed by atoms with Crippen LogP contribution in [0.3, 0.4) is 0 Å². The van der Waals surface area contributed by atoms with Crippen LogP contribution in [0.15, 0.2) is 52.9 Å². The van der Waals surface area contributed by atoms with Crippen molar-refractivity contribution in [2.45, 2.75) is 44.7 Å². The average molecular weight is 569 g/mol. The van der Waals surface area contributed by atoms with Gasteiger partial charge in [0.1, 0.15) is 17.4 Å². The van der Waals surface area contributed by atoms with Crippen LogP contribution in [-0.4, -0.2) is 29.9 Å². The molecule has 0 atom stereocenters. The topological polar surface area (TPSA) is 72.2 Å². The molecule has 0 spiro atoms. The van der Waals surface area contributed by atoms with E-state index in [0.717, 1.165) is 25.3 Å². The number of halogens is 5. The van der Waals surface area contributed by atoms with Gasteiger partial charge in [-0.25, -0.2) is 13.8 Å². The molecule has 212 valence electrons. The Kier molecular flexibility index (Phi) is 6.47. The van der Waals surface area contributed by atoms with E-state index in [9.17, 15) is 31.5 Å². The number of pyridine rings is 1. The molecule has 10 heteroatoms. The average Bonchev–Trinajstić information content (AvgIpc) is 3.26. The Labute approximate surface area is 231 Å². The minimum atomic E-state index is -4.48. The third-order valence-electron chi connectivity index (χ3n) is 8.25. The van der Waals surface area contributed by atoms with Crippen molar-refractivity contribution < 1.29 is 36.0 Å². The number of fused-ring (bicyclic) bond motifs is 1. The van der Waals surface area contributed by atoms with Crippen LogP contribution in [0, 0.1) is 23.0 Å². The van der Waals surface area contributed by atoms with Crippen molar-refractivity contribution >= 4 is 22.8 Å². The van der Waals surface area contributed by atoms with Gasteiger partial charge in [-0.2, -0.15) is 13.2 Å². The third-order valence-corrected chi connectivity index (χ3v) is 8.25. The number of nitrogens with one attached hydrogen (secondary N) is 1. The summed E-state index contributed by atoms with van der Waals surface area (Å²) in [6.07, 6.45) is -3.06. The summed E-state index contributed by atoms with van der Waals surface area (Å²) in [6, 6.07) is 10.5. The van der Waals surface area contributed by atoms with Crippen LogP contribution in [0.4, 0.5) is 22.0 Å². The lowest BCUT2D eigenvalue weighted by atomic mass is 9.43. The molecule has 3 aliphatic rings. The summed E-state index contributed by atoms with van der Waals surface area (Å²) in [4.78, 5) is 30.5. The summed E-state index contributed by atoms with van der Waals surface area (Å²) in [6.45, 7) is 0. The monoisotopic (exact) mass is 568 g/mol. The highest BCUT2D eigenvalue weighted by atomic mass is 19.4. The number of ketones is 1. The first-order chi connectivity index (χ1) is 19.4. The van der Waals surface area contributed by atoms with Crippen LogP contribution in [0.2, 0.25) is 0 Å². The summed E-state index contributed by atoms with van der Waals surface area (Å²) < 4.78 is 74.1. The second-order valence-electron chi connectivity index (χ2n) is 11.1. The first kappa shape index (κ1) is 27.1. The van der Waals surface area contributed by atoms with Crippen molar-refractivity contribution in [2.75, 3.05) is 7.05 Å². The molecular weight excluding hydrogens is 543 g/mol. The number of carbonyl (C=O) groups excluding carboxylic acids is 2. The Morgan fingerprint density at radius 3 is 2.32 bits per heavy atom. The number of hydrogen-bond acceptors (Lipinski definition) is 4. The molecule has 2 bridgehead atoms. The Bertz CT molecular complexity index is 1670. The van der Waals surface area contributed by atoms with Crippen LogP contribution < -0.4 is 5.32 Å². The normalized spacial score (nSPS) is 19.5. The first-order valence-electron chi connectivity index (χ1n) is 13.3. The number of Topliss-reactive ketones (excluding diaryl/α,β-unsaturated/α-hetero) is 1. The van der Waals surface area contributed by atoms with E-state index < -0.39 is 36.6 Å². The molecule has 1 amide bonds. The van der Waals surface area contributed by atoms with Crippen molar-refractivity contribution in [2.24, 2.45) is 11.3 Å². The van der Waals surface area contributed by atoms with Crippen molar-refractivity contribution in [1.29, 1.82) is 0 Å². The van der Waals surface area contributed by atoms with E-state index in [-0.39, 0.29) is 56.9 Å². The van der Waals surface area contributed by atoms with E-state index in [0.29, 0.717) is 17.0 Å². The van der Waals surface area contributed by atoms with Crippen LogP contribution >= 0.6 is 0 Å². The zero-order chi connectivity index (χ0) is 29.1. The molecule has 2 aromatic carbocycles. The highest BCUT2D eigenvalue weighted by molar-refractivity contribution is 6.11. The van der Waals surface area contributed by atoms with E-state index in [1.807, 2.05) is 0 Å². The zero-order valence-corrected chi connectivity index (χ0v) is 22.0. The van der Waals surface area contributed by atoms with Crippen LogP contribution in [-0.2, 0) is 6.42 Å². The molecule has 0 unspecified atom stereocenters. The molecule has 2 aromatic heterocycles. The van der Waals surface area contributed by atoms with E-state index in [1.165, 1.54) is 49.5 Å². The van der Waals surface area contributed by atoms with Crippen molar-refractivity contribution in [3.05, 3.63) is 77.0 Å². The van der Waals surface area contributed by atoms with Crippen molar-refractivity contribution in [3.8, 4) is 22.5 Å². The highest BCUT2D eigenvalue weighted by Crippen LogP contribution is 2.66. The second-order valence-corrected chi connectivity index (χ2v) is 11.1. The summed E-state index contributed by atoms with van der Waals surface area (Å²) in [5.41, 5.74) is 0.701. The van der Waals surface area contributed by atoms with Gasteiger partial charge in [0.15, 0.2) is 5.78 Å². The molecule has 7 rings (SSSR count). The zero-order valence-electron chi connectivity index (χ0n) is 22.0. The maximum atomic E-state index is 14.9. The Balaban J connectivity index is 1.50. The van der Waals surface area contributed by atoms with Gasteiger partial charge in [0.2, 0.25) is 5.71 Å². The van der Waals surface area contributed by atoms with Gasteiger partial charge in [0.05, 0.1) is 22.2 Å². The van der Waals surface area contributed by atoms with Gasteiger partial charge in [0, 0.05) is 31.0 Å². The fourth-order valence-electron chi connectivity index (χ4n) is 6.13. The fourth-order valence-corrected chi connectivity index (χ4v) is 6.13. The molecule has 5 nitrogen and oxygen atoms in total. The quantitative estimate of drug-likeness (QED) is 0.175. The van der Waals surface area contributed by atoms with Gasteiger partial charge >= 0.3 is 6.18 Å². The Hall–Kier alpha value is -4.08. The lowest BCUT2D eigenvalue weighted by molar-refractivity contribution is -0.134. The smallest absolute Gasteiger partial charge is 0.389 e. The number of alkyl halides is 3. The number of nitrogens with zero attached hydrogens (tertiary/aromatic N) is 1. The van der Waals surface area contributed by atoms with Crippen LogP contribution in [0.5, 0.6) is 0 Å². The number of amides is 1. The van der Waals surface area contributed by atoms with E-state index in [4.69, 9.17) is 4.42 Å². The number of furan rings is 1. The van der Waals surface area contributed by atoms with Gasteiger partial charge in [0.25, 0.3) is 5.91 Å². The van der Waals surface area contributed by atoms with Crippen molar-refractivity contribution in [3.63, 3.8) is 0 Å². The molecule has 4 aromatic rings. The number of aryl methyl sites for hydroxylation is 1. The summed E-state index contributed by atoms with van der Waals surface area (Å²) in [5.74, 6) is -1.38. The van der Waals surface area contributed by atoms with Crippen LogP contribution in [0.1, 0.15) is 58.5 Å². The fraction of sp³-hybridized carbons (Fsp3) is 0.323. The van der Waals surface area contributed by atoms with Crippen molar-refractivity contribution in [1.82, 2.24) is 10.3 Å². The molecule has 0 radical (unpaired) electrons. The molecule has 41 heavy (non-hydrogen) atoms. The van der Waals surface area contributed by atoms with Crippen LogP contribution in [0.25, 0.3) is 33.6 Å². The van der Waals surface area contributed by atoms with Gasteiger partial charge < -0.3 is 9.73 Å². The minimum absolute atomic E-state index is 0.0158. The number of benzene rings is 2. The molecule has 3 aliphatic carbocycles. The van der Waals surface area contributed by atoms with E-state index in [1.54, 1.807) is 0 Å². The summed E-state index contributed by atoms with van der Waals surface area (Å²) in [5, 5.41) is 2.73. The predicted octanol–water partition coefficient (Wildman–Crippen LogP) is 7.67. The van der Waals surface area contributed by atoms with Gasteiger partial charge in [-0.05, 0) is 85.0 Å². The largest absolute Gasteiger partial charge is 0.437 e. The lowest BCUT2D eigenvalue weighted by Crippen LogP contribution is -2.52. The van der Waals surface area contributed by atoms with Gasteiger partial charge in [-0.1, -0.05) is 6.07 Å². The minimum Gasteiger partial charge on any atom is -0.437 e. The molecule has 0 aliphatic heterocycles. The first-order valence-corrected chi connectivity index (χ1v) is 13.3. The van der Waals surface area contributed by atoms with Gasteiger partial charge in [-0.3, -0.25) is 9.59 Å². The number of hydrogen-bond donors (Lipinski definition) is 1. The highest BCUT2D eigenvalue weighted by Gasteiger charge is 2.57. The molecule has 0 saturated heterocycles. The predicted molar refractivity (Wildman–Crippen MR) is 141 cm³/mol. The molecular formula is C31H25F5N2O3. The number of aromatic nitrogens is 1. The molecule has 3 saturated carbocycles. The SMILES string of the molecule is CNC(=O)c1c(-c2ccc(F)cc2)oc2nc(CCC(F)(F)F)c(-c3ccc(F)c(C(=O)CC45CC(C4)C5)c3)cc12. The summed E-state index contributed by atoms with van der Waals surface area (Å²) in [7, 11) is 1.41. The summed E-state index contributed by atoms with van der Waals surface area (Å²) >= 11 is 0. The Morgan fingerprint density at radius 1 is 1.02 bits per heavy atom. The van der Waals surface area contributed by atoms with E-state index in [2.05, 4.69) is 10.3 Å². The second kappa shape index (κ2) is 9.78. The molecule has 2 heterocycles. The Morgan fingerprint density at radius 2 is 1.71 bits per heavy atom. The van der Waals surface area contributed by atoms with Gasteiger partial charge in [-0.15, -0.1) is 0 Å². The number of rotatable bonds is 8. The molecule has 3 fully saturated rings. The maximum Gasteiger partial charge on any atom is 0.389 e. The van der Waals surface area contributed by atoms with E-state index >= 15 is 0 Å². The maximum absolute atomic E-state index is 14.9. The third kappa shape index (κ3) is 5.00. The number of carbonyl (C=O) groups is 2.